The summed E-state index contributed by atoms with van der Waals surface area (Å²) in [6.45, 7) is 2.64. The highest BCUT2D eigenvalue weighted by Crippen LogP contribution is 2.31. The predicted octanol–water partition coefficient (Wildman–Crippen LogP) is 10.2. The first-order chi connectivity index (χ1) is 32.6. The fourth-order valence-corrected chi connectivity index (χ4v) is 7.22. The summed E-state index contributed by atoms with van der Waals surface area (Å²) in [6.07, 6.45) is 0. The highest BCUT2D eigenvalue weighted by Gasteiger charge is 2.13. The molecule has 0 spiro atoms. The van der Waals surface area contributed by atoms with Crippen molar-refractivity contribution in [3.05, 3.63) is 168 Å². The van der Waals surface area contributed by atoms with Gasteiger partial charge in [-0.2, -0.15) is 0 Å². The Morgan fingerprint density at radius 3 is 1.17 bits per heavy atom. The fraction of sp³-hybridized carbons (Fsp3) is 0.179. The van der Waals surface area contributed by atoms with E-state index in [2.05, 4.69) is 47.9 Å². The number of ether oxygens (including phenoxy) is 8. The summed E-state index contributed by atoms with van der Waals surface area (Å²) in [7, 11) is 3.27. The Bertz CT molecular complexity index is 2850. The Kier molecular flexibility index (Phi) is 13.8. The van der Waals surface area contributed by atoms with E-state index in [4.69, 9.17) is 47.9 Å². The number of hydrogen-bond acceptors (Lipinski definition) is 10. The molecule has 2 aromatic heterocycles. The quantitative estimate of drug-likeness (QED) is 0.123. The van der Waals surface area contributed by atoms with E-state index in [-0.39, 0.29) is 13.2 Å². The van der Waals surface area contributed by atoms with Crippen molar-refractivity contribution in [3.63, 3.8) is 0 Å². The summed E-state index contributed by atoms with van der Waals surface area (Å²) in [5.74, 6) is 17.2. The second-order valence-electron chi connectivity index (χ2n) is 15.1. The Hall–Kier alpha value is -8.02. The normalized spacial score (nSPS) is 13.2. The number of benzene rings is 6. The van der Waals surface area contributed by atoms with Crippen LogP contribution in [0.3, 0.4) is 0 Å². The number of hydrogen-bond donors (Lipinski definition) is 0. The topological polar surface area (TPSA) is 99.6 Å². The smallest absolute Gasteiger partial charge is 0.136 e. The highest BCUT2D eigenvalue weighted by molar-refractivity contribution is 6.04. The molecule has 4 aliphatic rings. The molecule has 0 aliphatic carbocycles. The first-order valence-corrected chi connectivity index (χ1v) is 21.7. The Morgan fingerprint density at radius 2 is 0.773 bits per heavy atom. The third-order valence-electron chi connectivity index (χ3n) is 10.7. The summed E-state index contributed by atoms with van der Waals surface area (Å²) in [4.78, 5) is 10.2. The SMILES string of the molecule is COc1ccc(C#Cc2cc3c(C#Cc4ccc(OC)cc4)cc2OCCOCCOc2ccc(cc2)-c2ccc4ccc5ccc(nc5c4n2)-c2ccc(cc2)OCCOCCO3)cc1. The van der Waals surface area contributed by atoms with Crippen LogP contribution in [0, 0.1) is 23.7 Å². The zero-order valence-electron chi connectivity index (χ0n) is 36.7. The Labute approximate surface area is 384 Å². The molecule has 0 amide bonds. The van der Waals surface area contributed by atoms with Crippen molar-refractivity contribution in [1.82, 2.24) is 9.97 Å². The first kappa shape index (κ1) is 43.2. The van der Waals surface area contributed by atoms with Crippen LogP contribution in [0.4, 0.5) is 0 Å². The second-order valence-corrected chi connectivity index (χ2v) is 15.1. The largest absolute Gasteiger partial charge is 0.497 e. The van der Waals surface area contributed by atoms with Crippen molar-refractivity contribution in [2.24, 2.45) is 0 Å². The van der Waals surface area contributed by atoms with Crippen molar-refractivity contribution >= 4 is 21.8 Å². The molecule has 10 nitrogen and oxygen atoms in total. The van der Waals surface area contributed by atoms with Crippen LogP contribution in [0.25, 0.3) is 44.3 Å². The fourth-order valence-electron chi connectivity index (χ4n) is 7.22. The minimum atomic E-state index is 0.266. The number of methoxy groups -OCH3 is 2. The number of aromatic nitrogens is 2. The number of pyridine rings is 2. The van der Waals surface area contributed by atoms with Gasteiger partial charge < -0.3 is 37.9 Å². The first-order valence-electron chi connectivity index (χ1n) is 21.7. The average molecular weight is 875 g/mol. The van der Waals surface area contributed by atoms with Crippen molar-refractivity contribution in [1.29, 1.82) is 0 Å². The third kappa shape index (κ3) is 10.8. The van der Waals surface area contributed by atoms with Crippen molar-refractivity contribution in [2.75, 3.05) is 67.1 Å². The summed E-state index contributed by atoms with van der Waals surface area (Å²) >= 11 is 0. The van der Waals surface area contributed by atoms with Gasteiger partial charge >= 0.3 is 0 Å². The average Bonchev–Trinajstić information content (AvgIpc) is 3.37. The van der Waals surface area contributed by atoms with E-state index >= 15 is 0 Å². The highest BCUT2D eigenvalue weighted by atomic mass is 16.6. The number of rotatable bonds is 2. The molecule has 0 radical (unpaired) electrons. The minimum Gasteiger partial charge on any atom is -0.497 e. The van der Waals surface area contributed by atoms with Gasteiger partial charge in [-0.15, -0.1) is 0 Å². The summed E-state index contributed by atoms with van der Waals surface area (Å²) < 4.78 is 47.3. The Balaban J connectivity index is 0.971. The van der Waals surface area contributed by atoms with E-state index in [9.17, 15) is 0 Å². The molecular formula is C56H46N2O8. The maximum atomic E-state index is 6.34. The van der Waals surface area contributed by atoms with Crippen LogP contribution in [-0.2, 0) is 9.47 Å². The van der Waals surface area contributed by atoms with E-state index in [1.165, 1.54) is 0 Å². The molecule has 0 atom stereocenters. The van der Waals surface area contributed by atoms with Gasteiger partial charge in [-0.05, 0) is 109 Å². The number of nitrogens with zero attached hydrogens (tertiary/aromatic N) is 2. The van der Waals surface area contributed by atoms with Crippen LogP contribution in [0.5, 0.6) is 34.5 Å². The molecule has 8 aromatic rings. The lowest BCUT2D eigenvalue weighted by Crippen LogP contribution is -2.13. The van der Waals surface area contributed by atoms with E-state index in [1.807, 2.05) is 121 Å². The predicted molar refractivity (Wildman–Crippen MR) is 256 cm³/mol. The lowest BCUT2D eigenvalue weighted by molar-refractivity contribution is 0.0755. The van der Waals surface area contributed by atoms with Gasteiger partial charge in [0.15, 0.2) is 0 Å². The zero-order valence-corrected chi connectivity index (χ0v) is 36.7. The zero-order chi connectivity index (χ0) is 44.9. The lowest BCUT2D eigenvalue weighted by atomic mass is 10.1. The van der Waals surface area contributed by atoms with E-state index < -0.39 is 0 Å². The molecule has 10 heteroatoms. The molecule has 4 aliphatic heterocycles. The van der Waals surface area contributed by atoms with Gasteiger partial charge in [0.25, 0.3) is 0 Å². The van der Waals surface area contributed by atoms with Crippen LogP contribution in [-0.4, -0.2) is 77.0 Å². The molecule has 0 unspecified atom stereocenters. The molecule has 328 valence electrons. The molecule has 6 aromatic carbocycles. The molecule has 0 saturated heterocycles. The minimum absolute atomic E-state index is 0.266. The summed E-state index contributed by atoms with van der Waals surface area (Å²) in [5.41, 5.74) is 8.22. The Morgan fingerprint density at radius 1 is 0.394 bits per heavy atom. The second kappa shape index (κ2) is 21.1. The maximum Gasteiger partial charge on any atom is 0.136 e. The monoisotopic (exact) mass is 874 g/mol. The third-order valence-corrected chi connectivity index (χ3v) is 10.7. The molecule has 0 N–H and O–H groups in total. The molecule has 6 heterocycles. The van der Waals surface area contributed by atoms with E-state index in [0.29, 0.717) is 62.3 Å². The van der Waals surface area contributed by atoms with Gasteiger partial charge in [-0.25, -0.2) is 9.97 Å². The summed E-state index contributed by atoms with van der Waals surface area (Å²) in [5, 5.41) is 2.04. The van der Waals surface area contributed by atoms with E-state index in [0.717, 1.165) is 78.4 Å². The molecule has 12 rings (SSSR count). The molecule has 0 saturated carbocycles. The van der Waals surface area contributed by atoms with E-state index in [1.54, 1.807) is 14.2 Å². The van der Waals surface area contributed by atoms with Crippen LogP contribution in [0.15, 0.2) is 146 Å². The molecular weight excluding hydrogens is 829 g/mol. The molecule has 66 heavy (non-hydrogen) atoms. The van der Waals surface area contributed by atoms with Gasteiger partial charge in [0, 0.05) is 45.2 Å². The molecule has 10 bridgehead atoms. The maximum absolute atomic E-state index is 6.34. The molecule has 0 fully saturated rings. The van der Waals surface area contributed by atoms with Crippen molar-refractivity contribution in [2.45, 2.75) is 0 Å². The van der Waals surface area contributed by atoms with Crippen LogP contribution in [0.1, 0.15) is 22.3 Å². The van der Waals surface area contributed by atoms with Gasteiger partial charge in [0.05, 0.1) is 74.2 Å². The van der Waals surface area contributed by atoms with Crippen molar-refractivity contribution in [3.8, 4) is 80.7 Å². The van der Waals surface area contributed by atoms with Crippen molar-refractivity contribution < 1.29 is 37.9 Å². The van der Waals surface area contributed by atoms with Gasteiger partial charge in [0.1, 0.15) is 60.9 Å². The van der Waals surface area contributed by atoms with Crippen LogP contribution in [0.2, 0.25) is 0 Å². The van der Waals surface area contributed by atoms with Gasteiger partial charge in [0.2, 0.25) is 0 Å². The number of fused-ring (bicyclic) bond motifs is 2. The summed E-state index contributed by atoms with van der Waals surface area (Å²) in [6, 6.07) is 47.1. The standard InChI is InChI=1S/C56H46N2O8/c1-59-47-19-5-39(6-20-47)3-9-45-37-54-46(10-4-40-7-21-48(60-2)22-8-40)38-53(45)65-35-31-61-29-33-63-49-23-13-41(14-24-49)51-27-17-43-11-12-44-18-28-52(58-56(44)55(43)57-51)42-15-25-50(26-16-42)64-34-30-62-32-36-66-54/h5-8,11-28,37-38H,29-36H2,1-2H3. The van der Waals surface area contributed by atoms with Gasteiger partial charge in [-0.3, -0.25) is 0 Å². The lowest BCUT2D eigenvalue weighted by Gasteiger charge is -2.14. The van der Waals surface area contributed by atoms with Gasteiger partial charge in [-0.1, -0.05) is 47.9 Å². The van der Waals surface area contributed by atoms with Crippen LogP contribution < -0.4 is 28.4 Å². The van der Waals surface area contributed by atoms with Crippen LogP contribution >= 0.6 is 0 Å².